The first kappa shape index (κ1) is 14.4. The van der Waals surface area contributed by atoms with Crippen molar-refractivity contribution >= 4 is 21.7 Å². The highest BCUT2D eigenvalue weighted by Crippen LogP contribution is 2.16. The molecule has 1 aliphatic rings. The molecule has 0 radical (unpaired) electrons. The van der Waals surface area contributed by atoms with Crippen molar-refractivity contribution in [3.05, 3.63) is 58.7 Å². The van der Waals surface area contributed by atoms with Crippen LogP contribution in [0.3, 0.4) is 0 Å². The van der Waals surface area contributed by atoms with Crippen LogP contribution in [0.4, 0.5) is 10.5 Å². The molecule has 112 valence electrons. The van der Waals surface area contributed by atoms with Crippen molar-refractivity contribution in [3.63, 3.8) is 0 Å². The highest BCUT2D eigenvalue weighted by atomic mass is 32.2. The fourth-order valence-electron chi connectivity index (χ4n) is 2.15. The van der Waals surface area contributed by atoms with Gasteiger partial charge in [-0.25, -0.2) is 13.2 Å². The number of fused-ring (bicyclic) bond motifs is 1. The number of carbonyl (C=O) groups excluding carboxylic acids is 1. The second-order valence-corrected chi connectivity index (χ2v) is 6.50. The average Bonchev–Trinajstić information content (AvgIpc) is 2.86. The molecule has 3 rings (SSSR count). The van der Waals surface area contributed by atoms with Crippen molar-refractivity contribution in [2.45, 2.75) is 18.2 Å². The lowest BCUT2D eigenvalue weighted by Gasteiger charge is -2.08. The van der Waals surface area contributed by atoms with E-state index in [1.165, 1.54) is 18.2 Å². The van der Waals surface area contributed by atoms with E-state index >= 15 is 0 Å². The van der Waals surface area contributed by atoms with Crippen molar-refractivity contribution in [1.82, 2.24) is 0 Å². The number of aryl methyl sites for hydroxylation is 1. The van der Waals surface area contributed by atoms with Gasteiger partial charge in [0.15, 0.2) is 0 Å². The van der Waals surface area contributed by atoms with Gasteiger partial charge in [-0.2, -0.15) is 9.98 Å². The van der Waals surface area contributed by atoms with Gasteiger partial charge in [0.1, 0.15) is 0 Å². The summed E-state index contributed by atoms with van der Waals surface area (Å²) in [6.07, 6.45) is 0.816. The van der Waals surface area contributed by atoms with Crippen molar-refractivity contribution in [2.75, 3.05) is 4.72 Å². The van der Waals surface area contributed by atoms with Gasteiger partial charge in [0, 0.05) is 5.69 Å². The first-order chi connectivity index (χ1) is 10.5. The molecular formula is C15H13N3O3S. The largest absolute Gasteiger partial charge is 0.368 e. The van der Waals surface area contributed by atoms with Crippen LogP contribution in [-0.4, -0.2) is 14.4 Å². The molecule has 0 bridgehead atoms. The Morgan fingerprint density at radius 2 is 1.82 bits per heavy atom. The molecule has 0 aromatic heterocycles. The minimum Gasteiger partial charge on any atom is -0.280 e. The van der Waals surface area contributed by atoms with Crippen LogP contribution in [0.1, 0.15) is 12.5 Å². The summed E-state index contributed by atoms with van der Waals surface area (Å²) in [7, 11) is -3.74. The number of benzene rings is 2. The summed E-state index contributed by atoms with van der Waals surface area (Å²) < 4.78 is 27.4. The predicted molar refractivity (Wildman–Crippen MR) is 80.8 cm³/mol. The lowest BCUT2D eigenvalue weighted by molar-refractivity contribution is 0.256. The molecule has 6 nitrogen and oxygen atoms in total. The molecule has 0 fully saturated rings. The maximum absolute atomic E-state index is 12.4. The third kappa shape index (κ3) is 2.75. The third-order valence-electron chi connectivity index (χ3n) is 3.28. The van der Waals surface area contributed by atoms with Crippen LogP contribution >= 0.6 is 0 Å². The maximum Gasteiger partial charge on any atom is 0.368 e. The normalized spacial score (nSPS) is 13.2. The van der Waals surface area contributed by atoms with E-state index in [2.05, 4.69) is 14.7 Å². The Hall–Kier alpha value is -2.54. The zero-order chi connectivity index (χ0) is 15.7. The quantitative estimate of drug-likeness (QED) is 0.925. The number of nitrogens with one attached hydrogen (secondary N) is 1. The first-order valence-corrected chi connectivity index (χ1v) is 8.19. The molecular weight excluding hydrogens is 302 g/mol. The zero-order valence-corrected chi connectivity index (χ0v) is 12.6. The molecule has 2 aromatic carbocycles. The van der Waals surface area contributed by atoms with E-state index in [1.807, 2.05) is 13.0 Å². The van der Waals surface area contributed by atoms with Gasteiger partial charge in [0.25, 0.3) is 10.0 Å². The van der Waals surface area contributed by atoms with Gasteiger partial charge in [-0.1, -0.05) is 19.1 Å². The van der Waals surface area contributed by atoms with Gasteiger partial charge < -0.3 is 0 Å². The molecule has 22 heavy (non-hydrogen) atoms. The Morgan fingerprint density at radius 1 is 1.05 bits per heavy atom. The fraction of sp³-hybridized carbons (Fsp3) is 0.133. The van der Waals surface area contributed by atoms with Gasteiger partial charge >= 0.3 is 6.03 Å². The number of carbonyl (C=O) groups is 1. The number of rotatable bonds is 4. The van der Waals surface area contributed by atoms with Crippen molar-refractivity contribution < 1.29 is 13.2 Å². The molecule has 0 saturated carbocycles. The molecule has 1 aliphatic heterocycles. The van der Waals surface area contributed by atoms with E-state index in [4.69, 9.17) is 0 Å². The lowest BCUT2D eigenvalue weighted by atomic mass is 10.1. The summed E-state index contributed by atoms with van der Waals surface area (Å²) in [5, 5.41) is 0.659. The van der Waals surface area contributed by atoms with E-state index in [0.717, 1.165) is 12.0 Å². The van der Waals surface area contributed by atoms with Crippen LogP contribution in [0.25, 0.3) is 0 Å². The molecule has 1 heterocycles. The number of urea groups is 1. The highest BCUT2D eigenvalue weighted by Gasteiger charge is 2.16. The molecule has 1 N–H and O–H groups in total. The molecule has 0 unspecified atom stereocenters. The fourth-order valence-corrected chi connectivity index (χ4v) is 3.22. The number of hydrogen-bond acceptors (Lipinski definition) is 3. The SMILES string of the molecule is CCc1cccc(NS(=O)(=O)c2ccc3c(c2)=NC(=O)N=3)c1. The third-order valence-corrected chi connectivity index (χ3v) is 4.66. The number of nitrogens with zero attached hydrogens (tertiary/aromatic N) is 2. The Kier molecular flexibility index (Phi) is 3.50. The zero-order valence-electron chi connectivity index (χ0n) is 11.8. The summed E-state index contributed by atoms with van der Waals surface area (Å²) in [6, 6.07) is 10.8. The molecule has 2 amide bonds. The molecule has 2 aromatic rings. The van der Waals surface area contributed by atoms with E-state index in [9.17, 15) is 13.2 Å². The predicted octanol–water partition coefficient (Wildman–Crippen LogP) is 1.42. The number of anilines is 1. The van der Waals surface area contributed by atoms with Gasteiger partial charge in [-0.3, -0.25) is 4.72 Å². The van der Waals surface area contributed by atoms with E-state index in [1.54, 1.807) is 18.2 Å². The highest BCUT2D eigenvalue weighted by molar-refractivity contribution is 7.92. The van der Waals surface area contributed by atoms with Gasteiger partial charge in [-0.15, -0.1) is 0 Å². The average molecular weight is 315 g/mol. The number of hydrogen-bond donors (Lipinski definition) is 1. The van der Waals surface area contributed by atoms with Crippen LogP contribution in [0.15, 0.2) is 57.3 Å². The monoisotopic (exact) mass is 315 g/mol. The van der Waals surface area contributed by atoms with Crippen LogP contribution in [0.2, 0.25) is 0 Å². The molecule has 0 aliphatic carbocycles. The second-order valence-electron chi connectivity index (χ2n) is 4.82. The molecule has 7 heteroatoms. The van der Waals surface area contributed by atoms with Gasteiger partial charge in [-0.05, 0) is 42.3 Å². The Labute approximate surface area is 127 Å². The van der Waals surface area contributed by atoms with Crippen molar-refractivity contribution in [1.29, 1.82) is 0 Å². The number of sulfonamides is 1. The van der Waals surface area contributed by atoms with E-state index in [0.29, 0.717) is 11.0 Å². The van der Waals surface area contributed by atoms with E-state index < -0.39 is 16.1 Å². The van der Waals surface area contributed by atoms with Crippen molar-refractivity contribution in [2.24, 2.45) is 9.98 Å². The van der Waals surface area contributed by atoms with Crippen LogP contribution in [-0.2, 0) is 16.4 Å². The minimum absolute atomic E-state index is 0.0433. The van der Waals surface area contributed by atoms with Crippen LogP contribution in [0.5, 0.6) is 0 Å². The molecule has 0 spiro atoms. The number of amides is 2. The summed E-state index contributed by atoms with van der Waals surface area (Å²) >= 11 is 0. The summed E-state index contributed by atoms with van der Waals surface area (Å²) in [4.78, 5) is 18.5. The topological polar surface area (TPSA) is 88.0 Å². The minimum atomic E-state index is -3.74. The molecule has 0 atom stereocenters. The van der Waals surface area contributed by atoms with Gasteiger partial charge in [0.2, 0.25) is 0 Å². The Morgan fingerprint density at radius 3 is 2.59 bits per heavy atom. The lowest BCUT2D eigenvalue weighted by Crippen LogP contribution is -2.24. The van der Waals surface area contributed by atoms with Crippen molar-refractivity contribution in [3.8, 4) is 0 Å². The molecule has 0 saturated heterocycles. The summed E-state index contributed by atoms with van der Waals surface area (Å²) in [6.45, 7) is 2.00. The summed E-state index contributed by atoms with van der Waals surface area (Å²) in [5.41, 5.74) is 1.53. The maximum atomic E-state index is 12.4. The van der Waals surface area contributed by atoms with Crippen LogP contribution in [0, 0.1) is 0 Å². The smallest absolute Gasteiger partial charge is 0.280 e. The Bertz CT molecular complexity index is 981. The van der Waals surface area contributed by atoms with Crippen LogP contribution < -0.4 is 15.4 Å². The Balaban J connectivity index is 1.97. The van der Waals surface area contributed by atoms with Gasteiger partial charge in [0.05, 0.1) is 15.6 Å². The first-order valence-electron chi connectivity index (χ1n) is 6.71. The van der Waals surface area contributed by atoms with E-state index in [-0.39, 0.29) is 10.3 Å². The second kappa shape index (κ2) is 5.34. The standard InChI is InChI=1S/C15H13N3O3S/c1-2-10-4-3-5-11(8-10)18-22(20,21)12-6-7-13-14(9-12)17-15(19)16-13/h3-9,18H,2H2,1H3. The summed E-state index contributed by atoms with van der Waals surface area (Å²) in [5.74, 6) is 0.